The number of nitrogens with two attached hydrogens (primary N) is 1. The molecule has 4 heteroatoms. The van der Waals surface area contributed by atoms with Gasteiger partial charge in [0.2, 0.25) is 5.89 Å². The van der Waals surface area contributed by atoms with Gasteiger partial charge in [-0.3, -0.25) is 0 Å². The molecule has 0 bridgehead atoms. The second-order valence-corrected chi connectivity index (χ2v) is 3.93. The summed E-state index contributed by atoms with van der Waals surface area (Å²) in [6.45, 7) is 1.98. The summed E-state index contributed by atoms with van der Waals surface area (Å²) < 4.78 is 5.35. The number of aromatic nitrogens is 2. The average molecular weight is 225 g/mol. The zero-order chi connectivity index (χ0) is 11.8. The molecule has 1 aromatic carbocycles. The second-order valence-electron chi connectivity index (χ2n) is 3.93. The highest BCUT2D eigenvalue weighted by Gasteiger charge is 2.20. The van der Waals surface area contributed by atoms with Crippen LogP contribution in [0.3, 0.4) is 0 Å². The van der Waals surface area contributed by atoms with Gasteiger partial charge in [-0.15, -0.1) is 10.2 Å². The number of benzene rings is 1. The molecule has 0 unspecified atom stereocenters. The molecule has 3 rings (SSSR count). The summed E-state index contributed by atoms with van der Waals surface area (Å²) in [5.74, 6) is 0.843. The van der Waals surface area contributed by atoms with Gasteiger partial charge in [0.1, 0.15) is 5.69 Å². The van der Waals surface area contributed by atoms with E-state index in [1.807, 2.05) is 37.3 Å². The first kappa shape index (κ1) is 9.84. The SMILES string of the molecule is Cc1cc(N)oc2nnc(-c3ccccc3)c1-2. The third kappa shape index (κ3) is 1.54. The van der Waals surface area contributed by atoms with Crippen molar-refractivity contribution in [2.24, 2.45) is 0 Å². The summed E-state index contributed by atoms with van der Waals surface area (Å²) in [4.78, 5) is 0. The number of hydrogen-bond donors (Lipinski definition) is 1. The van der Waals surface area contributed by atoms with Crippen molar-refractivity contribution in [3.63, 3.8) is 0 Å². The highest BCUT2D eigenvalue weighted by Crippen LogP contribution is 2.35. The van der Waals surface area contributed by atoms with Gasteiger partial charge in [-0.2, -0.15) is 0 Å². The van der Waals surface area contributed by atoms with Gasteiger partial charge in [0.05, 0.1) is 5.56 Å². The molecule has 0 saturated heterocycles. The zero-order valence-corrected chi connectivity index (χ0v) is 9.34. The molecule has 0 radical (unpaired) electrons. The molecule has 4 nitrogen and oxygen atoms in total. The second kappa shape index (κ2) is 3.59. The number of aryl methyl sites for hydroxylation is 1. The highest BCUT2D eigenvalue weighted by molar-refractivity contribution is 5.80. The fourth-order valence-corrected chi connectivity index (χ4v) is 1.95. The Labute approximate surface area is 98.4 Å². The van der Waals surface area contributed by atoms with E-state index in [0.29, 0.717) is 11.8 Å². The number of rotatable bonds is 1. The van der Waals surface area contributed by atoms with E-state index in [1.54, 1.807) is 6.07 Å². The van der Waals surface area contributed by atoms with Crippen molar-refractivity contribution in [2.75, 3.05) is 5.73 Å². The van der Waals surface area contributed by atoms with Gasteiger partial charge in [-0.1, -0.05) is 30.3 Å². The normalized spacial score (nSPS) is 10.9. The lowest BCUT2D eigenvalue weighted by Crippen LogP contribution is -1.91. The molecule has 0 saturated carbocycles. The van der Waals surface area contributed by atoms with Crippen LogP contribution in [0.15, 0.2) is 40.8 Å². The van der Waals surface area contributed by atoms with Crippen LogP contribution in [-0.4, -0.2) is 10.2 Å². The summed E-state index contributed by atoms with van der Waals surface area (Å²) >= 11 is 0. The third-order valence-corrected chi connectivity index (χ3v) is 2.71. The van der Waals surface area contributed by atoms with Crippen LogP contribution < -0.4 is 5.73 Å². The maximum Gasteiger partial charge on any atom is 0.250 e. The fraction of sp³-hybridized carbons (Fsp3) is 0.0769. The maximum atomic E-state index is 5.64. The number of anilines is 1. The van der Waals surface area contributed by atoms with Gasteiger partial charge in [0.15, 0.2) is 5.88 Å². The monoisotopic (exact) mass is 225 g/mol. The fourth-order valence-electron chi connectivity index (χ4n) is 1.95. The molecule has 0 aliphatic carbocycles. The first-order valence-electron chi connectivity index (χ1n) is 5.33. The van der Waals surface area contributed by atoms with Gasteiger partial charge in [-0.05, 0) is 12.5 Å². The van der Waals surface area contributed by atoms with Gasteiger partial charge in [-0.25, -0.2) is 0 Å². The lowest BCUT2D eigenvalue weighted by molar-refractivity contribution is 0.566. The van der Waals surface area contributed by atoms with Crippen molar-refractivity contribution in [1.82, 2.24) is 10.2 Å². The predicted molar refractivity (Wildman–Crippen MR) is 65.5 cm³/mol. The van der Waals surface area contributed by atoms with Crippen molar-refractivity contribution in [2.45, 2.75) is 6.92 Å². The van der Waals surface area contributed by atoms with E-state index < -0.39 is 0 Å². The van der Waals surface area contributed by atoms with Crippen LogP contribution in [0.4, 0.5) is 5.88 Å². The molecular formula is C13H11N3O. The molecule has 0 aromatic heterocycles. The van der Waals surface area contributed by atoms with Crippen LogP contribution in [0.25, 0.3) is 22.7 Å². The van der Waals surface area contributed by atoms with E-state index in [4.69, 9.17) is 10.2 Å². The van der Waals surface area contributed by atoms with E-state index in [-0.39, 0.29) is 0 Å². The van der Waals surface area contributed by atoms with Crippen LogP contribution in [0.1, 0.15) is 5.56 Å². The Hall–Kier alpha value is -2.36. The Morgan fingerprint density at radius 2 is 1.88 bits per heavy atom. The first-order chi connectivity index (χ1) is 8.25. The summed E-state index contributed by atoms with van der Waals surface area (Å²) in [5.41, 5.74) is 9.44. The van der Waals surface area contributed by atoms with E-state index in [0.717, 1.165) is 22.4 Å². The van der Waals surface area contributed by atoms with E-state index in [9.17, 15) is 0 Å². The van der Waals surface area contributed by atoms with Gasteiger partial charge < -0.3 is 10.2 Å². The Balaban J connectivity index is 2.27. The van der Waals surface area contributed by atoms with Gasteiger partial charge in [0, 0.05) is 11.6 Å². The molecule has 0 fully saturated rings. The van der Waals surface area contributed by atoms with Crippen molar-refractivity contribution < 1.29 is 4.42 Å². The number of nitrogen functional groups attached to an aromatic ring is 1. The zero-order valence-electron chi connectivity index (χ0n) is 9.34. The topological polar surface area (TPSA) is 64.9 Å². The summed E-state index contributed by atoms with van der Waals surface area (Å²) in [6, 6.07) is 11.7. The Morgan fingerprint density at radius 3 is 2.65 bits per heavy atom. The molecule has 0 amide bonds. The maximum absolute atomic E-state index is 5.64. The van der Waals surface area contributed by atoms with Crippen LogP contribution in [0, 0.1) is 6.92 Å². The number of hydrogen-bond acceptors (Lipinski definition) is 4. The minimum Gasteiger partial charge on any atom is -0.421 e. The molecular weight excluding hydrogens is 214 g/mol. The molecule has 0 spiro atoms. The number of nitrogens with zero attached hydrogens (tertiary/aromatic N) is 2. The quantitative estimate of drug-likeness (QED) is 0.691. The molecule has 1 aromatic rings. The Morgan fingerprint density at radius 1 is 1.12 bits per heavy atom. The molecule has 2 aliphatic rings. The standard InChI is InChI=1S/C13H11N3O/c1-8-7-10(14)17-13-11(8)12(15-16-13)9-5-3-2-4-6-9/h2-7H,14H2,1H3. The molecule has 2 heterocycles. The average Bonchev–Trinajstić information content (AvgIpc) is 2.74. The molecule has 2 N–H and O–H groups in total. The largest absolute Gasteiger partial charge is 0.421 e. The first-order valence-corrected chi connectivity index (χ1v) is 5.33. The van der Waals surface area contributed by atoms with Crippen molar-refractivity contribution in [1.29, 1.82) is 0 Å². The predicted octanol–water partition coefficient (Wildman–Crippen LogP) is 2.73. The summed E-state index contributed by atoms with van der Waals surface area (Å²) in [7, 11) is 0. The van der Waals surface area contributed by atoms with Crippen LogP contribution >= 0.6 is 0 Å². The Bertz CT molecular complexity index is 631. The smallest absolute Gasteiger partial charge is 0.250 e. The van der Waals surface area contributed by atoms with Gasteiger partial charge in [0.25, 0.3) is 0 Å². The Kier molecular flexibility index (Phi) is 2.08. The third-order valence-electron chi connectivity index (χ3n) is 2.71. The minimum absolute atomic E-state index is 0.356. The van der Waals surface area contributed by atoms with Crippen molar-refractivity contribution in [3.05, 3.63) is 42.0 Å². The van der Waals surface area contributed by atoms with Crippen LogP contribution in [0.2, 0.25) is 0 Å². The minimum atomic E-state index is 0.356. The lowest BCUT2D eigenvalue weighted by atomic mass is 10.0. The van der Waals surface area contributed by atoms with E-state index in [1.165, 1.54) is 0 Å². The van der Waals surface area contributed by atoms with E-state index in [2.05, 4.69) is 10.2 Å². The van der Waals surface area contributed by atoms with Crippen LogP contribution in [-0.2, 0) is 0 Å². The molecule has 2 aliphatic heterocycles. The highest BCUT2D eigenvalue weighted by atomic mass is 16.4. The van der Waals surface area contributed by atoms with Gasteiger partial charge >= 0.3 is 0 Å². The number of fused-ring (bicyclic) bond motifs is 1. The van der Waals surface area contributed by atoms with E-state index >= 15 is 0 Å². The summed E-state index contributed by atoms with van der Waals surface area (Å²) in [5, 5.41) is 8.19. The van der Waals surface area contributed by atoms with Crippen molar-refractivity contribution in [3.8, 4) is 22.7 Å². The van der Waals surface area contributed by atoms with Crippen molar-refractivity contribution >= 4 is 5.88 Å². The summed E-state index contributed by atoms with van der Waals surface area (Å²) in [6.07, 6.45) is 0. The molecule has 0 atom stereocenters. The molecule has 17 heavy (non-hydrogen) atoms. The molecule has 84 valence electrons. The lowest BCUT2D eigenvalue weighted by Gasteiger charge is -2.05. The van der Waals surface area contributed by atoms with Crippen LogP contribution in [0.5, 0.6) is 0 Å².